The highest BCUT2D eigenvalue weighted by molar-refractivity contribution is 9.10. The first-order chi connectivity index (χ1) is 15.2. The Balaban J connectivity index is 1.85. The van der Waals surface area contributed by atoms with Crippen LogP contribution in [0.25, 0.3) is 0 Å². The first kappa shape index (κ1) is 24.0. The summed E-state index contributed by atoms with van der Waals surface area (Å²) < 4.78 is 28.8. The van der Waals surface area contributed by atoms with Gasteiger partial charge in [-0.1, -0.05) is 64.8 Å². The van der Waals surface area contributed by atoms with Gasteiger partial charge in [-0.15, -0.1) is 0 Å². The second-order valence-electron chi connectivity index (χ2n) is 7.69. The van der Waals surface area contributed by atoms with Gasteiger partial charge in [-0.3, -0.25) is 9.10 Å². The molecule has 5 nitrogen and oxygen atoms in total. The Bertz CT molecular complexity index is 1160. The second-order valence-corrected chi connectivity index (χ2v) is 10.5. The summed E-state index contributed by atoms with van der Waals surface area (Å²) in [5.74, 6) is -0.379. The Hall–Kier alpha value is -2.64. The lowest BCUT2D eigenvalue weighted by molar-refractivity contribution is -0.120. The summed E-state index contributed by atoms with van der Waals surface area (Å²) >= 11 is 3.37. The summed E-state index contributed by atoms with van der Waals surface area (Å²) in [5.41, 5.74) is 3.56. The Morgan fingerprint density at radius 1 is 0.969 bits per heavy atom. The van der Waals surface area contributed by atoms with E-state index in [1.807, 2.05) is 38.1 Å². The minimum Gasteiger partial charge on any atom is -0.348 e. The summed E-state index contributed by atoms with van der Waals surface area (Å²) in [4.78, 5) is 13.0. The molecule has 3 aromatic rings. The molecule has 3 rings (SSSR count). The lowest BCUT2D eigenvalue weighted by Gasteiger charge is -2.25. The topological polar surface area (TPSA) is 66.5 Å². The normalized spacial score (nSPS) is 12.2. The second kappa shape index (κ2) is 10.3. The summed E-state index contributed by atoms with van der Waals surface area (Å²) in [6.07, 6.45) is 0.944. The average Bonchev–Trinajstić information content (AvgIpc) is 2.78. The molecule has 0 saturated carbocycles. The molecule has 168 valence electrons. The molecule has 1 atom stereocenters. The smallest absolute Gasteiger partial charge is 0.264 e. The van der Waals surface area contributed by atoms with Gasteiger partial charge in [0.1, 0.15) is 6.54 Å². The summed E-state index contributed by atoms with van der Waals surface area (Å²) in [5, 5.41) is 2.92. The lowest BCUT2D eigenvalue weighted by atomic mass is 10.1. The van der Waals surface area contributed by atoms with E-state index >= 15 is 0 Å². The zero-order chi connectivity index (χ0) is 23.3. The molecule has 1 unspecified atom stereocenters. The number of nitrogens with one attached hydrogen (secondary N) is 1. The third kappa shape index (κ3) is 5.78. The van der Waals surface area contributed by atoms with Crippen LogP contribution in [0.5, 0.6) is 0 Å². The van der Waals surface area contributed by atoms with Crippen LogP contribution < -0.4 is 9.62 Å². The fourth-order valence-electron chi connectivity index (χ4n) is 3.30. The molecule has 0 aliphatic carbocycles. The molecule has 0 fully saturated rings. The molecule has 0 bridgehead atoms. The molecular formula is C25H27BrN2O3S. The van der Waals surface area contributed by atoms with Crippen LogP contribution in [-0.2, 0) is 21.2 Å². The molecule has 0 spiro atoms. The fraction of sp³-hybridized carbons (Fsp3) is 0.240. The van der Waals surface area contributed by atoms with Gasteiger partial charge in [0.25, 0.3) is 10.0 Å². The fourth-order valence-corrected chi connectivity index (χ4v) is 4.99. The van der Waals surface area contributed by atoms with Gasteiger partial charge in [-0.25, -0.2) is 8.42 Å². The van der Waals surface area contributed by atoms with Crippen molar-refractivity contribution < 1.29 is 13.2 Å². The van der Waals surface area contributed by atoms with Gasteiger partial charge < -0.3 is 5.32 Å². The van der Waals surface area contributed by atoms with Crippen molar-refractivity contribution in [1.82, 2.24) is 5.32 Å². The van der Waals surface area contributed by atoms with Gasteiger partial charge >= 0.3 is 0 Å². The van der Waals surface area contributed by atoms with E-state index in [1.165, 1.54) is 5.56 Å². The van der Waals surface area contributed by atoms with Gasteiger partial charge in [-0.2, -0.15) is 0 Å². The van der Waals surface area contributed by atoms with Gasteiger partial charge in [-0.05, 0) is 67.8 Å². The third-order valence-corrected chi connectivity index (χ3v) is 7.59. The third-order valence-electron chi connectivity index (χ3n) is 5.28. The summed E-state index contributed by atoms with van der Waals surface area (Å²) in [7, 11) is -3.93. The van der Waals surface area contributed by atoms with E-state index in [4.69, 9.17) is 0 Å². The Labute approximate surface area is 198 Å². The highest BCUT2D eigenvalue weighted by Gasteiger charge is 2.27. The molecular weight excluding hydrogens is 488 g/mol. The van der Waals surface area contributed by atoms with Crippen LogP contribution >= 0.6 is 15.9 Å². The van der Waals surface area contributed by atoms with Crippen molar-refractivity contribution in [2.45, 2.75) is 38.1 Å². The SMILES string of the molecule is CCc1ccc(C(C)NC(=O)CN(c2ccc(Br)cc2)S(=O)(=O)c2ccc(C)cc2)cc1. The molecule has 32 heavy (non-hydrogen) atoms. The minimum absolute atomic E-state index is 0.141. The quantitative estimate of drug-likeness (QED) is 0.438. The Morgan fingerprint density at radius 2 is 1.56 bits per heavy atom. The molecule has 0 aliphatic heterocycles. The van der Waals surface area contributed by atoms with Crippen LogP contribution in [-0.4, -0.2) is 20.9 Å². The van der Waals surface area contributed by atoms with E-state index in [9.17, 15) is 13.2 Å². The Kier molecular flexibility index (Phi) is 7.74. The number of hydrogen-bond acceptors (Lipinski definition) is 3. The van der Waals surface area contributed by atoms with E-state index in [-0.39, 0.29) is 23.4 Å². The van der Waals surface area contributed by atoms with Crippen LogP contribution in [0.4, 0.5) is 5.69 Å². The van der Waals surface area contributed by atoms with E-state index in [2.05, 4.69) is 28.2 Å². The maximum atomic E-state index is 13.4. The number of rotatable bonds is 8. The largest absolute Gasteiger partial charge is 0.348 e. The van der Waals surface area contributed by atoms with Gasteiger partial charge in [0.2, 0.25) is 5.91 Å². The predicted molar refractivity (Wildman–Crippen MR) is 132 cm³/mol. The zero-order valence-electron chi connectivity index (χ0n) is 18.4. The molecule has 7 heteroatoms. The van der Waals surface area contributed by atoms with Crippen LogP contribution in [0.3, 0.4) is 0 Å². The molecule has 1 N–H and O–H groups in total. The Morgan fingerprint density at radius 3 is 2.12 bits per heavy atom. The zero-order valence-corrected chi connectivity index (χ0v) is 20.8. The number of benzene rings is 3. The predicted octanol–water partition coefficient (Wildman–Crippen LogP) is 5.39. The van der Waals surface area contributed by atoms with Crippen molar-refractivity contribution in [2.24, 2.45) is 0 Å². The maximum Gasteiger partial charge on any atom is 0.264 e. The average molecular weight is 515 g/mol. The van der Waals surface area contributed by atoms with Gasteiger partial charge in [0, 0.05) is 4.47 Å². The van der Waals surface area contributed by atoms with Gasteiger partial charge in [0.05, 0.1) is 16.6 Å². The number of amides is 1. The van der Waals surface area contributed by atoms with Crippen molar-refractivity contribution in [3.63, 3.8) is 0 Å². The number of anilines is 1. The molecule has 0 radical (unpaired) electrons. The number of sulfonamides is 1. The first-order valence-electron chi connectivity index (χ1n) is 10.4. The van der Waals surface area contributed by atoms with Crippen molar-refractivity contribution >= 4 is 37.5 Å². The van der Waals surface area contributed by atoms with Crippen molar-refractivity contribution in [3.8, 4) is 0 Å². The number of hydrogen-bond donors (Lipinski definition) is 1. The van der Waals surface area contributed by atoms with Crippen LogP contribution in [0, 0.1) is 6.92 Å². The monoisotopic (exact) mass is 514 g/mol. The first-order valence-corrected chi connectivity index (χ1v) is 12.7. The highest BCUT2D eigenvalue weighted by atomic mass is 79.9. The molecule has 1 amide bonds. The molecule has 3 aromatic carbocycles. The molecule has 0 saturated heterocycles. The number of nitrogens with zero attached hydrogens (tertiary/aromatic N) is 1. The molecule has 0 aromatic heterocycles. The highest BCUT2D eigenvalue weighted by Crippen LogP contribution is 2.26. The van der Waals surface area contributed by atoms with Crippen LogP contribution in [0.2, 0.25) is 0 Å². The van der Waals surface area contributed by atoms with E-state index < -0.39 is 10.0 Å². The number of halogens is 1. The lowest BCUT2D eigenvalue weighted by Crippen LogP contribution is -2.41. The van der Waals surface area contributed by atoms with Crippen molar-refractivity contribution in [2.75, 3.05) is 10.8 Å². The van der Waals surface area contributed by atoms with Gasteiger partial charge in [0.15, 0.2) is 0 Å². The van der Waals surface area contributed by atoms with E-state index in [1.54, 1.807) is 48.5 Å². The number of carbonyl (C=O) groups excluding carboxylic acids is 1. The summed E-state index contributed by atoms with van der Waals surface area (Å²) in [6, 6.07) is 21.3. The number of carbonyl (C=O) groups is 1. The van der Waals surface area contributed by atoms with Crippen molar-refractivity contribution in [1.29, 1.82) is 0 Å². The van der Waals surface area contributed by atoms with Crippen molar-refractivity contribution in [3.05, 3.63) is 94.0 Å². The van der Waals surface area contributed by atoms with Crippen LogP contribution in [0.15, 0.2) is 82.2 Å². The number of aryl methyl sites for hydroxylation is 2. The van der Waals surface area contributed by atoms with E-state index in [0.29, 0.717) is 5.69 Å². The van der Waals surface area contributed by atoms with E-state index in [0.717, 1.165) is 26.3 Å². The molecule has 0 aliphatic rings. The standard InChI is InChI=1S/C25H27BrN2O3S/c1-4-20-7-9-21(10-8-20)19(3)27-25(29)17-28(23-13-11-22(26)12-14-23)32(30,31)24-15-5-18(2)6-16-24/h5-16,19H,4,17H2,1-3H3,(H,27,29). The summed E-state index contributed by atoms with van der Waals surface area (Å²) in [6.45, 7) is 5.54. The maximum absolute atomic E-state index is 13.4. The minimum atomic E-state index is -3.93. The van der Waals surface area contributed by atoms with Crippen LogP contribution in [0.1, 0.15) is 36.6 Å². The molecule has 0 heterocycles.